The maximum absolute atomic E-state index is 11.4. The predicted molar refractivity (Wildman–Crippen MR) is 65.7 cm³/mol. The van der Waals surface area contributed by atoms with Gasteiger partial charge in [-0.05, 0) is 32.8 Å². The van der Waals surface area contributed by atoms with Crippen molar-refractivity contribution in [2.75, 3.05) is 13.1 Å². The highest BCUT2D eigenvalue weighted by atomic mass is 16.2. The zero-order valence-electron chi connectivity index (χ0n) is 10.7. The molecule has 1 aliphatic heterocycles. The summed E-state index contributed by atoms with van der Waals surface area (Å²) >= 11 is 0. The van der Waals surface area contributed by atoms with Crippen molar-refractivity contribution < 1.29 is 4.79 Å². The van der Waals surface area contributed by atoms with Crippen LogP contribution in [0, 0.1) is 13.8 Å². The van der Waals surface area contributed by atoms with Gasteiger partial charge in [-0.15, -0.1) is 0 Å². The van der Waals surface area contributed by atoms with E-state index in [4.69, 9.17) is 0 Å². The lowest BCUT2D eigenvalue weighted by molar-refractivity contribution is -0.130. The van der Waals surface area contributed by atoms with E-state index in [0.29, 0.717) is 5.92 Å². The first-order valence-corrected chi connectivity index (χ1v) is 6.14. The van der Waals surface area contributed by atoms with E-state index in [9.17, 15) is 4.79 Å². The fourth-order valence-electron chi connectivity index (χ4n) is 2.41. The molecule has 0 spiro atoms. The summed E-state index contributed by atoms with van der Waals surface area (Å²) in [6.07, 6.45) is 2.12. The van der Waals surface area contributed by atoms with Gasteiger partial charge in [-0.2, -0.15) is 0 Å². The molecule has 0 N–H and O–H groups in total. The van der Waals surface area contributed by atoms with Gasteiger partial charge < -0.3 is 4.90 Å². The Balaban J connectivity index is 2.18. The number of carbonyl (C=O) groups is 1. The summed E-state index contributed by atoms with van der Waals surface area (Å²) in [7, 11) is 0. The van der Waals surface area contributed by atoms with E-state index < -0.39 is 0 Å². The van der Waals surface area contributed by atoms with Gasteiger partial charge in [-0.3, -0.25) is 4.79 Å². The molecule has 1 aromatic rings. The molecule has 4 nitrogen and oxygen atoms in total. The van der Waals surface area contributed by atoms with Crippen molar-refractivity contribution in [2.45, 2.75) is 39.5 Å². The first kappa shape index (κ1) is 12.0. The van der Waals surface area contributed by atoms with Crippen LogP contribution in [0.1, 0.15) is 42.9 Å². The van der Waals surface area contributed by atoms with Gasteiger partial charge >= 0.3 is 0 Å². The highest BCUT2D eigenvalue weighted by Gasteiger charge is 2.24. The second-order valence-corrected chi connectivity index (χ2v) is 4.81. The molecule has 0 aromatic carbocycles. The van der Waals surface area contributed by atoms with E-state index in [0.717, 1.165) is 43.1 Å². The average molecular weight is 233 g/mol. The first-order chi connectivity index (χ1) is 8.06. The number of hydrogen-bond acceptors (Lipinski definition) is 3. The number of aromatic nitrogens is 2. The van der Waals surface area contributed by atoms with Gasteiger partial charge in [0.2, 0.25) is 5.91 Å². The molecule has 1 aliphatic rings. The van der Waals surface area contributed by atoms with Gasteiger partial charge in [0.25, 0.3) is 0 Å². The van der Waals surface area contributed by atoms with Crippen LogP contribution in [0.25, 0.3) is 0 Å². The molecule has 0 unspecified atom stereocenters. The van der Waals surface area contributed by atoms with Crippen LogP contribution >= 0.6 is 0 Å². The minimum atomic E-state index is 0.152. The number of aryl methyl sites for hydroxylation is 2. The number of carbonyl (C=O) groups excluding carboxylic acids is 1. The SMILES string of the molecule is CC(=O)N1CCC[C@H](c2nc(C)cc(C)n2)C1. The lowest BCUT2D eigenvalue weighted by Gasteiger charge is -2.31. The van der Waals surface area contributed by atoms with Crippen molar-refractivity contribution in [1.82, 2.24) is 14.9 Å². The van der Waals surface area contributed by atoms with Crippen molar-refractivity contribution in [3.05, 3.63) is 23.3 Å². The maximum Gasteiger partial charge on any atom is 0.219 e. The van der Waals surface area contributed by atoms with Gasteiger partial charge in [0, 0.05) is 37.3 Å². The Morgan fingerprint density at radius 3 is 2.59 bits per heavy atom. The lowest BCUT2D eigenvalue weighted by Crippen LogP contribution is -2.38. The van der Waals surface area contributed by atoms with Crippen LogP contribution < -0.4 is 0 Å². The summed E-state index contributed by atoms with van der Waals surface area (Å²) < 4.78 is 0. The van der Waals surface area contributed by atoms with Crippen molar-refractivity contribution in [3.8, 4) is 0 Å². The van der Waals surface area contributed by atoms with Crippen LogP contribution in [-0.2, 0) is 4.79 Å². The fourth-order valence-corrected chi connectivity index (χ4v) is 2.41. The molecule has 1 saturated heterocycles. The summed E-state index contributed by atoms with van der Waals surface area (Å²) in [4.78, 5) is 22.3. The third-order valence-corrected chi connectivity index (χ3v) is 3.23. The van der Waals surface area contributed by atoms with Crippen LogP contribution in [-0.4, -0.2) is 33.9 Å². The molecule has 1 fully saturated rings. The summed E-state index contributed by atoms with van der Waals surface area (Å²) in [6, 6.07) is 1.98. The molecular weight excluding hydrogens is 214 g/mol. The molecule has 1 aromatic heterocycles. The maximum atomic E-state index is 11.4. The van der Waals surface area contributed by atoms with Crippen LogP contribution in [0.4, 0.5) is 0 Å². The van der Waals surface area contributed by atoms with Crippen molar-refractivity contribution in [1.29, 1.82) is 0 Å². The average Bonchev–Trinajstić information content (AvgIpc) is 2.28. The molecule has 0 bridgehead atoms. The molecule has 17 heavy (non-hydrogen) atoms. The largest absolute Gasteiger partial charge is 0.342 e. The Labute approximate surface area is 102 Å². The Morgan fingerprint density at radius 1 is 1.35 bits per heavy atom. The van der Waals surface area contributed by atoms with E-state index in [1.165, 1.54) is 0 Å². The molecular formula is C13H19N3O. The van der Waals surface area contributed by atoms with Gasteiger partial charge in [0.1, 0.15) is 5.82 Å². The highest BCUT2D eigenvalue weighted by molar-refractivity contribution is 5.73. The van der Waals surface area contributed by atoms with Crippen molar-refractivity contribution in [2.24, 2.45) is 0 Å². The normalized spacial score (nSPS) is 20.4. The van der Waals surface area contributed by atoms with Crippen LogP contribution in [0.15, 0.2) is 6.07 Å². The van der Waals surface area contributed by atoms with E-state index >= 15 is 0 Å². The number of hydrogen-bond donors (Lipinski definition) is 0. The van der Waals surface area contributed by atoms with Gasteiger partial charge in [0.15, 0.2) is 0 Å². The number of rotatable bonds is 1. The van der Waals surface area contributed by atoms with E-state index in [2.05, 4.69) is 9.97 Å². The highest BCUT2D eigenvalue weighted by Crippen LogP contribution is 2.24. The second kappa shape index (κ2) is 4.82. The van der Waals surface area contributed by atoms with Crippen molar-refractivity contribution >= 4 is 5.91 Å². The molecule has 0 radical (unpaired) electrons. The van der Waals surface area contributed by atoms with E-state index in [-0.39, 0.29) is 5.91 Å². The van der Waals surface area contributed by atoms with Crippen LogP contribution in [0.3, 0.4) is 0 Å². The molecule has 0 saturated carbocycles. The smallest absolute Gasteiger partial charge is 0.219 e. The molecule has 92 valence electrons. The monoisotopic (exact) mass is 233 g/mol. The molecule has 0 aliphatic carbocycles. The topological polar surface area (TPSA) is 46.1 Å². The van der Waals surface area contributed by atoms with Crippen LogP contribution in [0.2, 0.25) is 0 Å². The summed E-state index contributed by atoms with van der Waals surface area (Å²) in [5.74, 6) is 1.35. The second-order valence-electron chi connectivity index (χ2n) is 4.81. The first-order valence-electron chi connectivity index (χ1n) is 6.14. The summed E-state index contributed by atoms with van der Waals surface area (Å²) in [6.45, 7) is 7.24. The molecule has 2 rings (SSSR count). The quantitative estimate of drug-likeness (QED) is 0.743. The van der Waals surface area contributed by atoms with E-state index in [1.807, 2.05) is 24.8 Å². The molecule has 4 heteroatoms. The zero-order valence-corrected chi connectivity index (χ0v) is 10.7. The minimum Gasteiger partial charge on any atom is -0.342 e. The van der Waals surface area contributed by atoms with Gasteiger partial charge in [0.05, 0.1) is 0 Å². The van der Waals surface area contributed by atoms with Crippen molar-refractivity contribution in [3.63, 3.8) is 0 Å². The van der Waals surface area contributed by atoms with E-state index in [1.54, 1.807) is 6.92 Å². The number of piperidine rings is 1. The third kappa shape index (κ3) is 2.81. The molecule has 1 atom stereocenters. The van der Waals surface area contributed by atoms with Crippen LogP contribution in [0.5, 0.6) is 0 Å². The van der Waals surface area contributed by atoms with Gasteiger partial charge in [-0.1, -0.05) is 0 Å². The zero-order chi connectivity index (χ0) is 12.4. The standard InChI is InChI=1S/C13H19N3O/c1-9-7-10(2)15-13(14-9)12-5-4-6-16(8-12)11(3)17/h7,12H,4-6,8H2,1-3H3/t12-/m0/s1. The van der Waals surface area contributed by atoms with Gasteiger partial charge in [-0.25, -0.2) is 9.97 Å². The number of likely N-dealkylation sites (tertiary alicyclic amines) is 1. The third-order valence-electron chi connectivity index (χ3n) is 3.23. The molecule has 1 amide bonds. The number of nitrogens with zero attached hydrogens (tertiary/aromatic N) is 3. The predicted octanol–water partition coefficient (Wildman–Crippen LogP) is 1.82. The Hall–Kier alpha value is -1.45. The lowest BCUT2D eigenvalue weighted by atomic mass is 9.97. The summed E-state index contributed by atoms with van der Waals surface area (Å²) in [5, 5.41) is 0. The number of amides is 1. The minimum absolute atomic E-state index is 0.152. The Kier molecular flexibility index (Phi) is 3.41. The molecule has 2 heterocycles. The summed E-state index contributed by atoms with van der Waals surface area (Å²) in [5.41, 5.74) is 2.01. The Bertz CT molecular complexity index is 410. The Morgan fingerprint density at radius 2 is 2.00 bits per heavy atom. The fraction of sp³-hybridized carbons (Fsp3) is 0.615.